The van der Waals surface area contributed by atoms with Gasteiger partial charge in [0.1, 0.15) is 0 Å². The summed E-state index contributed by atoms with van der Waals surface area (Å²) in [5.41, 5.74) is 16.7. The van der Waals surface area contributed by atoms with Gasteiger partial charge in [-0.3, -0.25) is 0 Å². The van der Waals surface area contributed by atoms with Crippen LogP contribution in [0, 0.1) is 6.92 Å². The van der Waals surface area contributed by atoms with Crippen LogP contribution < -0.4 is 19.6 Å². The second kappa shape index (κ2) is 20.0. The van der Waals surface area contributed by atoms with Crippen molar-refractivity contribution < 1.29 is 0 Å². The van der Waals surface area contributed by atoms with Gasteiger partial charge in [-0.1, -0.05) is 176 Å². The molecule has 12 aromatic carbocycles. The fraction of sp³-hybridized carbons (Fsp3) is 0.0145. The van der Waals surface area contributed by atoms with Crippen molar-refractivity contribution in [2.24, 2.45) is 0 Å². The minimum Gasteiger partial charge on any atom is -0.310 e. The highest BCUT2D eigenvalue weighted by atomic mass is 15.2. The normalized spacial score (nSPS) is 11.1. The van der Waals surface area contributed by atoms with Crippen LogP contribution in [0.15, 0.2) is 297 Å². The average Bonchev–Trinajstić information content (AvgIpc) is 3.46. The summed E-state index contributed by atoms with van der Waals surface area (Å²) in [4.78, 5) is 9.48. The second-order valence-corrected chi connectivity index (χ2v) is 18.3. The number of aryl methyl sites for hydroxylation is 1. The number of rotatable bonds is 13. The van der Waals surface area contributed by atoms with Crippen LogP contribution in [0.5, 0.6) is 0 Å². The van der Waals surface area contributed by atoms with Gasteiger partial charge < -0.3 is 19.6 Å². The first-order valence-electron chi connectivity index (χ1n) is 24.9. The first kappa shape index (κ1) is 44.6. The van der Waals surface area contributed by atoms with E-state index in [9.17, 15) is 0 Å². The van der Waals surface area contributed by atoms with Crippen LogP contribution in [-0.2, 0) is 0 Å². The number of benzene rings is 12. The van der Waals surface area contributed by atoms with Gasteiger partial charge in [-0.15, -0.1) is 0 Å². The van der Waals surface area contributed by atoms with E-state index in [1.165, 1.54) is 5.56 Å². The van der Waals surface area contributed by atoms with Crippen molar-refractivity contribution >= 4 is 89.8 Å². The summed E-state index contributed by atoms with van der Waals surface area (Å²) in [6.45, 7) is 2.15. The van der Waals surface area contributed by atoms with Crippen LogP contribution in [0.25, 0.3) is 32.7 Å². The van der Waals surface area contributed by atoms with Crippen LogP contribution in [0.2, 0.25) is 0 Å². The van der Waals surface area contributed by atoms with Crippen molar-refractivity contribution in [1.82, 2.24) is 0 Å². The lowest BCUT2D eigenvalue weighted by Crippen LogP contribution is -2.13. The van der Waals surface area contributed by atoms with Crippen LogP contribution in [0.3, 0.4) is 0 Å². The van der Waals surface area contributed by atoms with E-state index in [0.717, 1.165) is 101 Å². The van der Waals surface area contributed by atoms with Crippen LogP contribution >= 0.6 is 0 Å². The Labute approximate surface area is 428 Å². The van der Waals surface area contributed by atoms with Gasteiger partial charge in [0.15, 0.2) is 0 Å². The van der Waals surface area contributed by atoms with Crippen molar-refractivity contribution in [2.45, 2.75) is 6.92 Å². The Balaban J connectivity index is 0.907. The lowest BCUT2D eigenvalue weighted by Gasteiger charge is -2.31. The van der Waals surface area contributed by atoms with E-state index in [1.54, 1.807) is 0 Å². The van der Waals surface area contributed by atoms with E-state index < -0.39 is 0 Å². The zero-order chi connectivity index (χ0) is 48.9. The largest absolute Gasteiger partial charge is 0.310 e. The highest BCUT2D eigenvalue weighted by Gasteiger charge is 2.23. The minimum absolute atomic E-state index is 1.08. The van der Waals surface area contributed by atoms with Crippen molar-refractivity contribution in [3.05, 3.63) is 303 Å². The van der Waals surface area contributed by atoms with Crippen molar-refractivity contribution in [3.63, 3.8) is 0 Å². The van der Waals surface area contributed by atoms with E-state index in [2.05, 4.69) is 324 Å². The Hall–Kier alpha value is -9.64. The first-order valence-corrected chi connectivity index (χ1v) is 24.9. The molecule has 0 amide bonds. The number of anilines is 12. The Morgan fingerprint density at radius 1 is 0.192 bits per heavy atom. The van der Waals surface area contributed by atoms with E-state index >= 15 is 0 Å². The fourth-order valence-corrected chi connectivity index (χ4v) is 10.3. The molecule has 0 bridgehead atoms. The fourth-order valence-electron chi connectivity index (χ4n) is 10.3. The maximum absolute atomic E-state index is 2.38. The van der Waals surface area contributed by atoms with Gasteiger partial charge in [-0.05, 0) is 145 Å². The van der Waals surface area contributed by atoms with Gasteiger partial charge in [0.05, 0.1) is 22.7 Å². The third kappa shape index (κ3) is 8.84. The maximum Gasteiger partial charge on any atom is 0.0541 e. The molecule has 0 spiro atoms. The van der Waals surface area contributed by atoms with E-state index in [-0.39, 0.29) is 0 Å². The molecule has 4 heteroatoms. The molecular weight excluding hydrogens is 885 g/mol. The number of para-hydroxylation sites is 5. The van der Waals surface area contributed by atoms with E-state index in [0.29, 0.717) is 0 Å². The molecule has 12 rings (SSSR count). The molecule has 0 fully saturated rings. The molecule has 0 N–H and O–H groups in total. The molecule has 0 unspecified atom stereocenters. The van der Waals surface area contributed by atoms with E-state index in [1.807, 2.05) is 0 Å². The summed E-state index contributed by atoms with van der Waals surface area (Å²) in [7, 11) is 0. The zero-order valence-corrected chi connectivity index (χ0v) is 40.6. The third-order valence-electron chi connectivity index (χ3n) is 13.6. The lowest BCUT2D eigenvalue weighted by molar-refractivity contribution is 1.27. The molecular formula is C69H52N4. The number of hydrogen-bond donors (Lipinski definition) is 0. The molecule has 0 aliphatic heterocycles. The Bertz CT molecular complexity index is 3750. The summed E-state index contributed by atoms with van der Waals surface area (Å²) in [5, 5.41) is 4.64. The van der Waals surface area contributed by atoms with Crippen molar-refractivity contribution in [2.75, 3.05) is 19.6 Å². The monoisotopic (exact) mass is 936 g/mol. The first-order chi connectivity index (χ1) is 36.2. The van der Waals surface area contributed by atoms with Gasteiger partial charge >= 0.3 is 0 Å². The Kier molecular flexibility index (Phi) is 12.2. The van der Waals surface area contributed by atoms with Gasteiger partial charge in [0, 0.05) is 67.0 Å². The standard InChI is InChI=1S/C69H52N4/c1-51-22-21-33-61(50-51)73(58-31-15-6-16-32-58)69-49-48-68(64-36-19-20-37-65(64)69)72(57-29-13-5-14-30-57)60-44-40-53(41-45-60)52-38-42-59(43-39-52)71(56-27-11-4-12-28-56)67-47-46-66(62-34-17-18-35-63(62)67)70(54-23-7-2-8-24-54)55-25-9-3-10-26-55/h2-50H,1H3. The summed E-state index contributed by atoms with van der Waals surface area (Å²) in [6.07, 6.45) is 0. The van der Waals surface area contributed by atoms with Crippen LogP contribution in [-0.4, -0.2) is 0 Å². The average molecular weight is 937 g/mol. The van der Waals surface area contributed by atoms with Crippen LogP contribution in [0.4, 0.5) is 68.2 Å². The van der Waals surface area contributed by atoms with Gasteiger partial charge in [-0.2, -0.15) is 0 Å². The second-order valence-electron chi connectivity index (χ2n) is 18.3. The van der Waals surface area contributed by atoms with E-state index in [4.69, 9.17) is 0 Å². The molecule has 0 aliphatic carbocycles. The molecule has 0 heterocycles. The number of hydrogen-bond acceptors (Lipinski definition) is 4. The summed E-state index contributed by atoms with van der Waals surface area (Å²) in [5.74, 6) is 0. The SMILES string of the molecule is Cc1cccc(N(c2ccccc2)c2ccc(N(c3ccccc3)c3ccc(-c4ccc(N(c5ccccc5)c5ccc(N(c6ccccc6)c6ccccc6)c6ccccc56)cc4)cc3)c3ccccc23)c1. The third-order valence-corrected chi connectivity index (χ3v) is 13.6. The molecule has 0 saturated heterocycles. The Morgan fingerprint density at radius 3 is 0.699 bits per heavy atom. The highest BCUT2D eigenvalue weighted by molar-refractivity contribution is 6.09. The molecule has 0 saturated carbocycles. The summed E-state index contributed by atoms with van der Waals surface area (Å²) < 4.78 is 0. The van der Waals surface area contributed by atoms with Gasteiger partial charge in [0.25, 0.3) is 0 Å². The smallest absolute Gasteiger partial charge is 0.0541 e. The number of fused-ring (bicyclic) bond motifs is 2. The topological polar surface area (TPSA) is 13.0 Å². The maximum atomic E-state index is 2.38. The zero-order valence-electron chi connectivity index (χ0n) is 40.6. The molecule has 0 aliphatic rings. The van der Waals surface area contributed by atoms with Crippen molar-refractivity contribution in [3.8, 4) is 11.1 Å². The lowest BCUT2D eigenvalue weighted by atomic mass is 10.0. The molecule has 0 atom stereocenters. The predicted octanol–water partition coefficient (Wildman–Crippen LogP) is 19.8. The minimum atomic E-state index is 1.08. The molecule has 0 radical (unpaired) electrons. The summed E-state index contributed by atoms with van der Waals surface area (Å²) in [6, 6.07) is 107. The number of nitrogens with zero attached hydrogens (tertiary/aromatic N) is 4. The molecule has 73 heavy (non-hydrogen) atoms. The van der Waals surface area contributed by atoms with Gasteiger partial charge in [0.2, 0.25) is 0 Å². The van der Waals surface area contributed by atoms with Crippen LogP contribution in [0.1, 0.15) is 5.56 Å². The Morgan fingerprint density at radius 2 is 0.425 bits per heavy atom. The predicted molar refractivity (Wildman–Crippen MR) is 310 cm³/mol. The highest BCUT2D eigenvalue weighted by Crippen LogP contribution is 2.48. The van der Waals surface area contributed by atoms with Gasteiger partial charge in [-0.25, -0.2) is 0 Å². The summed E-state index contributed by atoms with van der Waals surface area (Å²) >= 11 is 0. The molecule has 4 nitrogen and oxygen atoms in total. The quantitative estimate of drug-likeness (QED) is 0.114. The van der Waals surface area contributed by atoms with Crippen molar-refractivity contribution in [1.29, 1.82) is 0 Å². The molecule has 12 aromatic rings. The molecule has 0 aromatic heterocycles. The molecule has 348 valence electrons.